The van der Waals surface area contributed by atoms with Crippen LogP contribution in [0, 0.1) is 17.8 Å². The number of fused-ring (bicyclic) bond motifs is 2. The van der Waals surface area contributed by atoms with Gasteiger partial charge in [0.05, 0.1) is 5.92 Å². The first kappa shape index (κ1) is 13.7. The average molecular weight is 296 g/mol. The molecule has 0 aliphatic heterocycles. The molecule has 2 bridgehead atoms. The number of carboxylic acids is 1. The summed E-state index contributed by atoms with van der Waals surface area (Å²) in [5.74, 6) is -0.0533. The molecule has 0 spiro atoms. The fraction of sp³-hybridized carbons (Fsp3) is 0.533. The van der Waals surface area contributed by atoms with Crippen LogP contribution in [0.25, 0.3) is 0 Å². The molecule has 4 atom stereocenters. The van der Waals surface area contributed by atoms with Crippen molar-refractivity contribution in [2.24, 2.45) is 17.8 Å². The number of hydrogen-bond acceptors (Lipinski definition) is 3. The van der Waals surface area contributed by atoms with Gasteiger partial charge in [0.25, 0.3) is 0 Å². The molecule has 4 unspecified atom stereocenters. The van der Waals surface area contributed by atoms with Crippen LogP contribution in [-0.2, 0) is 11.3 Å². The first-order valence-electron chi connectivity index (χ1n) is 7.00. The number of rotatable bonds is 4. The number of hydrogen-bond donors (Lipinski definition) is 3. The Morgan fingerprint density at radius 1 is 1.35 bits per heavy atom. The predicted molar refractivity (Wildman–Crippen MR) is 75.7 cm³/mol. The van der Waals surface area contributed by atoms with Crippen LogP contribution in [0.15, 0.2) is 18.2 Å². The molecule has 5 heteroatoms. The van der Waals surface area contributed by atoms with E-state index in [1.54, 1.807) is 18.2 Å². The van der Waals surface area contributed by atoms with Crippen LogP contribution >= 0.6 is 11.6 Å². The maximum absolute atomic E-state index is 11.4. The Labute approximate surface area is 122 Å². The lowest BCUT2D eigenvalue weighted by atomic mass is 9.84. The summed E-state index contributed by atoms with van der Waals surface area (Å²) in [7, 11) is 0. The van der Waals surface area contributed by atoms with E-state index in [0.717, 1.165) is 19.3 Å². The van der Waals surface area contributed by atoms with Gasteiger partial charge in [-0.3, -0.25) is 4.79 Å². The topological polar surface area (TPSA) is 69.6 Å². The lowest BCUT2D eigenvalue weighted by Gasteiger charge is -2.29. The number of nitrogens with one attached hydrogen (secondary N) is 1. The van der Waals surface area contributed by atoms with Crippen molar-refractivity contribution in [1.82, 2.24) is 5.32 Å². The Bertz CT molecular complexity index is 534. The zero-order valence-electron chi connectivity index (χ0n) is 11.1. The van der Waals surface area contributed by atoms with Crippen molar-refractivity contribution < 1.29 is 15.0 Å². The average Bonchev–Trinajstić information content (AvgIpc) is 3.00. The fourth-order valence-electron chi connectivity index (χ4n) is 3.86. The molecule has 2 saturated carbocycles. The number of aliphatic carboxylic acids is 1. The van der Waals surface area contributed by atoms with Gasteiger partial charge in [-0.2, -0.15) is 0 Å². The molecule has 0 heterocycles. The summed E-state index contributed by atoms with van der Waals surface area (Å²) in [6.07, 6.45) is 3.14. The second-order valence-electron chi connectivity index (χ2n) is 5.88. The van der Waals surface area contributed by atoms with Crippen molar-refractivity contribution in [3.63, 3.8) is 0 Å². The van der Waals surface area contributed by atoms with Crippen molar-refractivity contribution in [1.29, 1.82) is 0 Å². The number of carboxylic acid groups (broad SMARTS) is 1. The van der Waals surface area contributed by atoms with Gasteiger partial charge in [-0.1, -0.05) is 11.6 Å². The van der Waals surface area contributed by atoms with E-state index in [4.69, 9.17) is 11.6 Å². The van der Waals surface area contributed by atoms with E-state index in [1.165, 1.54) is 0 Å². The summed E-state index contributed by atoms with van der Waals surface area (Å²) in [6.45, 7) is 0.448. The van der Waals surface area contributed by atoms with Crippen LogP contribution in [0.4, 0.5) is 0 Å². The van der Waals surface area contributed by atoms with Crippen LogP contribution in [-0.4, -0.2) is 22.2 Å². The van der Waals surface area contributed by atoms with E-state index < -0.39 is 5.97 Å². The summed E-state index contributed by atoms with van der Waals surface area (Å²) in [4.78, 5) is 11.4. The van der Waals surface area contributed by atoms with Crippen molar-refractivity contribution in [2.75, 3.05) is 0 Å². The molecule has 2 aliphatic rings. The van der Waals surface area contributed by atoms with Crippen LogP contribution in [0.2, 0.25) is 5.02 Å². The highest BCUT2D eigenvalue weighted by molar-refractivity contribution is 6.30. The molecule has 0 radical (unpaired) electrons. The van der Waals surface area contributed by atoms with Gasteiger partial charge in [0.2, 0.25) is 0 Å². The minimum Gasteiger partial charge on any atom is -0.508 e. The Kier molecular flexibility index (Phi) is 3.61. The van der Waals surface area contributed by atoms with Crippen molar-refractivity contribution in [3.05, 3.63) is 28.8 Å². The zero-order chi connectivity index (χ0) is 14.3. The molecule has 3 rings (SSSR count). The van der Waals surface area contributed by atoms with E-state index in [9.17, 15) is 15.0 Å². The van der Waals surface area contributed by atoms with E-state index >= 15 is 0 Å². The Balaban J connectivity index is 1.71. The van der Waals surface area contributed by atoms with Gasteiger partial charge in [0.1, 0.15) is 5.75 Å². The largest absolute Gasteiger partial charge is 0.508 e. The molecule has 108 valence electrons. The van der Waals surface area contributed by atoms with Crippen molar-refractivity contribution >= 4 is 17.6 Å². The van der Waals surface area contributed by atoms with E-state index in [-0.39, 0.29) is 17.7 Å². The highest BCUT2D eigenvalue weighted by Gasteiger charge is 2.50. The van der Waals surface area contributed by atoms with Gasteiger partial charge < -0.3 is 15.5 Å². The minimum absolute atomic E-state index is 0.00429. The molecule has 2 fully saturated rings. The van der Waals surface area contributed by atoms with Gasteiger partial charge in [-0.15, -0.1) is 0 Å². The number of carbonyl (C=O) groups is 1. The second-order valence-corrected chi connectivity index (χ2v) is 6.31. The summed E-state index contributed by atoms with van der Waals surface area (Å²) in [5.41, 5.74) is 0.712. The van der Waals surface area contributed by atoms with Crippen molar-refractivity contribution in [2.45, 2.75) is 31.8 Å². The van der Waals surface area contributed by atoms with Crippen LogP contribution in [0.1, 0.15) is 24.8 Å². The quantitative estimate of drug-likeness (QED) is 0.799. The Hall–Kier alpha value is -1.26. The van der Waals surface area contributed by atoms with E-state index in [0.29, 0.717) is 29.0 Å². The molecule has 0 saturated heterocycles. The smallest absolute Gasteiger partial charge is 0.308 e. The zero-order valence-corrected chi connectivity index (χ0v) is 11.8. The Morgan fingerprint density at radius 2 is 2.10 bits per heavy atom. The third-order valence-electron chi connectivity index (χ3n) is 4.77. The van der Waals surface area contributed by atoms with E-state index in [2.05, 4.69) is 5.32 Å². The van der Waals surface area contributed by atoms with Gasteiger partial charge in [-0.25, -0.2) is 0 Å². The van der Waals surface area contributed by atoms with Gasteiger partial charge >= 0.3 is 5.97 Å². The number of phenols is 1. The summed E-state index contributed by atoms with van der Waals surface area (Å²) in [5, 5.41) is 23.1. The predicted octanol–water partition coefficient (Wildman–Crippen LogP) is 2.63. The first-order chi connectivity index (χ1) is 9.56. The minimum atomic E-state index is -0.704. The van der Waals surface area contributed by atoms with Crippen LogP contribution in [0.3, 0.4) is 0 Å². The third-order valence-corrected chi connectivity index (χ3v) is 5.01. The third kappa shape index (κ3) is 2.38. The van der Waals surface area contributed by atoms with Crippen LogP contribution < -0.4 is 5.32 Å². The monoisotopic (exact) mass is 295 g/mol. The maximum atomic E-state index is 11.4. The highest BCUT2D eigenvalue weighted by Crippen LogP contribution is 2.48. The van der Waals surface area contributed by atoms with Gasteiger partial charge in [0.15, 0.2) is 0 Å². The van der Waals surface area contributed by atoms with Crippen molar-refractivity contribution in [3.8, 4) is 5.75 Å². The number of phenolic OH excluding ortho intramolecular Hbond substituents is 1. The molecule has 0 aromatic heterocycles. The van der Waals surface area contributed by atoms with Gasteiger partial charge in [-0.05, 0) is 49.3 Å². The maximum Gasteiger partial charge on any atom is 0.308 e. The summed E-state index contributed by atoms with van der Waals surface area (Å²) < 4.78 is 0. The molecule has 2 aliphatic carbocycles. The molecule has 4 nitrogen and oxygen atoms in total. The summed E-state index contributed by atoms with van der Waals surface area (Å²) in [6, 6.07) is 4.92. The number of benzene rings is 1. The highest BCUT2D eigenvalue weighted by atomic mass is 35.5. The molecular formula is C15H18ClNO3. The fourth-order valence-corrected chi connectivity index (χ4v) is 4.06. The number of halogens is 1. The Morgan fingerprint density at radius 3 is 2.85 bits per heavy atom. The van der Waals surface area contributed by atoms with Gasteiger partial charge in [0, 0.05) is 23.2 Å². The normalized spacial score (nSPS) is 31.6. The van der Waals surface area contributed by atoms with E-state index in [1.807, 2.05) is 0 Å². The van der Waals surface area contributed by atoms with Crippen LogP contribution in [0.5, 0.6) is 5.75 Å². The molecule has 1 aromatic rings. The molecule has 0 amide bonds. The number of aromatic hydroxyl groups is 1. The molecule has 3 N–H and O–H groups in total. The lowest BCUT2D eigenvalue weighted by Crippen LogP contribution is -2.43. The summed E-state index contributed by atoms with van der Waals surface area (Å²) >= 11 is 5.92. The molecular weight excluding hydrogens is 278 g/mol. The first-order valence-corrected chi connectivity index (χ1v) is 7.37. The SMILES string of the molecule is O=C(O)C1C2CCC(C2)C1NCc1cc(Cl)ccc1O. The second kappa shape index (κ2) is 5.26. The lowest BCUT2D eigenvalue weighted by molar-refractivity contribution is -0.144. The standard InChI is InChI=1S/C15H18ClNO3/c16-11-3-4-12(18)10(6-11)7-17-14-9-2-1-8(5-9)13(14)15(19)20/h3-4,6,8-9,13-14,17-18H,1-2,5,7H2,(H,19,20). The molecule has 1 aromatic carbocycles. The molecule has 20 heavy (non-hydrogen) atoms.